The molecule has 111 heavy (non-hydrogen) atoms. The fourth-order valence-corrected chi connectivity index (χ4v) is 14.5. The van der Waals surface area contributed by atoms with Crippen molar-refractivity contribution in [1.82, 2.24) is 15.0 Å². The number of pyridine rings is 3. The van der Waals surface area contributed by atoms with Gasteiger partial charge in [-0.05, 0) is 125 Å². The van der Waals surface area contributed by atoms with Gasteiger partial charge in [0.15, 0.2) is 6.29 Å². The first-order chi connectivity index (χ1) is 51.1. The minimum absolute atomic E-state index is 0. The number of hydrogen-bond donors (Lipinski definition) is 1. The van der Waals surface area contributed by atoms with Crippen molar-refractivity contribution in [3.8, 4) is 17.2 Å². The molecule has 21 nitrogen and oxygen atoms in total. The van der Waals surface area contributed by atoms with Crippen LogP contribution in [0, 0.1) is 23.9 Å². The molecule has 596 valence electrons. The van der Waals surface area contributed by atoms with E-state index in [0.29, 0.717) is 39.2 Å². The Hall–Kier alpha value is -7.83. The van der Waals surface area contributed by atoms with E-state index in [1.54, 1.807) is 0 Å². The van der Waals surface area contributed by atoms with E-state index in [2.05, 4.69) is 30.9 Å². The molecule has 1 atom stereocenters. The number of ether oxygens (including phenoxy) is 6. The molecule has 0 amide bonds. The Bertz CT molecular complexity index is 5020. The van der Waals surface area contributed by atoms with Gasteiger partial charge in [-0.15, -0.1) is 0 Å². The van der Waals surface area contributed by atoms with Crippen LogP contribution in [0.25, 0.3) is 0 Å². The maximum atomic E-state index is 14.6. The summed E-state index contributed by atoms with van der Waals surface area (Å²) < 4.78 is 271. The van der Waals surface area contributed by atoms with E-state index in [9.17, 15) is 92.6 Å². The van der Waals surface area contributed by atoms with Crippen molar-refractivity contribution < 1.29 is 133 Å². The molecule has 0 aliphatic rings. The van der Waals surface area contributed by atoms with Crippen LogP contribution in [0.2, 0.25) is 15.1 Å². The Labute approximate surface area is 675 Å². The van der Waals surface area contributed by atoms with Crippen LogP contribution in [-0.2, 0) is 62.8 Å². The van der Waals surface area contributed by atoms with Crippen molar-refractivity contribution in [3.63, 3.8) is 0 Å². The number of aromatic nitrogens is 3. The molecule has 0 spiro atoms. The summed E-state index contributed by atoms with van der Waals surface area (Å²) in [6.45, 7) is 2.14. The summed E-state index contributed by atoms with van der Waals surface area (Å²) >= 11 is 21.0. The molecule has 0 saturated carbocycles. The van der Waals surface area contributed by atoms with Crippen LogP contribution in [0.5, 0.6) is 17.2 Å². The van der Waals surface area contributed by atoms with Crippen LogP contribution in [-0.4, -0.2) is 143 Å². The Morgan fingerprint density at radius 3 is 1.25 bits per heavy atom. The molecule has 3 heterocycles. The second kappa shape index (κ2) is 42.9. The summed E-state index contributed by atoms with van der Waals surface area (Å²) in [5.41, 5.74) is -6.00. The molecule has 0 bridgehead atoms. The van der Waals surface area contributed by atoms with Crippen LogP contribution in [0.1, 0.15) is 74.3 Å². The predicted molar refractivity (Wildman–Crippen MR) is 388 cm³/mol. The number of rotatable bonds is 23. The van der Waals surface area contributed by atoms with Gasteiger partial charge in [0.25, 0.3) is 30.1 Å². The van der Waals surface area contributed by atoms with Crippen LogP contribution >= 0.6 is 50.7 Å². The largest absolute Gasteiger partial charge is 2.00 e. The summed E-state index contributed by atoms with van der Waals surface area (Å²) in [4.78, 5) is 33.4. The Kier molecular flexibility index (Phi) is 37.6. The summed E-state index contributed by atoms with van der Waals surface area (Å²) in [7, 11) is -6.43. The van der Waals surface area contributed by atoms with E-state index in [-0.39, 0.29) is 101 Å². The quantitative estimate of drug-likeness (QED) is 0.0119. The molecule has 42 heteroatoms. The van der Waals surface area contributed by atoms with Gasteiger partial charge in [-0.2, -0.15) is 53.4 Å². The number of sulfonamides is 3. The molecule has 0 aliphatic carbocycles. The van der Waals surface area contributed by atoms with E-state index in [4.69, 9.17) is 63.2 Å². The van der Waals surface area contributed by atoms with Gasteiger partial charge in [-0.3, -0.25) is 14.6 Å². The molecule has 1 N–H and O–H groups in total. The number of carbonyl (C=O) groups excluding carboxylic acids is 2. The summed E-state index contributed by atoms with van der Waals surface area (Å²) in [5, 5.41) is 11.0. The predicted octanol–water partition coefficient (Wildman–Crippen LogP) is 13.5. The minimum atomic E-state index is -4.81. The topological polar surface area (TPSA) is 261 Å². The number of anilines is 3. The summed E-state index contributed by atoms with van der Waals surface area (Å²) in [6, 6.07) is 24.7. The van der Waals surface area contributed by atoms with Crippen LogP contribution in [0.4, 0.5) is 69.7 Å². The van der Waals surface area contributed by atoms with E-state index in [1.807, 2.05) is 20.3 Å². The van der Waals surface area contributed by atoms with Gasteiger partial charge in [-0.1, -0.05) is 71.2 Å². The van der Waals surface area contributed by atoms with Crippen molar-refractivity contribution in [2.75, 3.05) is 75.8 Å². The molecule has 9 aromatic rings. The average molecular weight is 1780 g/mol. The van der Waals surface area contributed by atoms with Gasteiger partial charge in [0.2, 0.25) is 5.78 Å². The number of alkyl halides is 9. The van der Waals surface area contributed by atoms with Crippen LogP contribution < -0.4 is 39.5 Å². The van der Waals surface area contributed by atoms with Gasteiger partial charge >= 0.3 is 41.6 Å². The molecule has 0 fully saturated rings. The van der Waals surface area contributed by atoms with Crippen molar-refractivity contribution in [2.24, 2.45) is 0 Å². The number of ketones is 1. The van der Waals surface area contributed by atoms with E-state index >= 15 is 0 Å². The molecule has 0 radical (unpaired) electrons. The molecule has 0 aliphatic heterocycles. The number of aliphatic hydroxyl groups is 1. The molecule has 6 aromatic carbocycles. The smallest absolute Gasteiger partial charge is 1.00 e. The second-order valence-corrected chi connectivity index (χ2v) is 29.0. The Morgan fingerprint density at radius 2 is 0.856 bits per heavy atom. The zero-order valence-corrected chi connectivity index (χ0v) is 67.1. The Morgan fingerprint density at radius 1 is 0.514 bits per heavy atom. The number of methoxy groups -OCH3 is 6. The monoisotopic (exact) mass is 1780 g/mol. The molecular formula is C69H61BrCl4F12MgN6O15S3. The second-order valence-electron chi connectivity index (χ2n) is 21.4. The third-order valence-corrected chi connectivity index (χ3v) is 20.5. The molecule has 3 aromatic heterocycles. The summed E-state index contributed by atoms with van der Waals surface area (Å²) in [5.74, 6) is -3.35. The SMILES string of the molecule is COCN(c1cc(Cl)cnc1Br)S(=O)(=O)c1cccc(C(F)(F)F)c1.COCN(c1cc(Cl)cnc1C(=O)c1c(F)cccc1OC)S(=O)(=O)c1cccc(C(F)(F)F)c1.COCN(c1cc(Cl)cnc1C(O)c1c(F)cccc1OC)S(=O)(=O)c1cccc(C(F)(F)F)c1.COc1cccc(F)c1C=O.C[CH-]C.[Cl-].[Mg+2]. The fourth-order valence-electron chi connectivity index (χ4n) is 9.19. The van der Waals surface area contributed by atoms with E-state index in [0.717, 1.165) is 104 Å². The standard InChI is InChI=1S/C22H19ClF4N2O5S.C22H17ClF4N2O5S.C14H11BrClF3N2O3S.C8H7FO2.C3H7.ClH.Mg/c2*1-33-12-29(35(31,32)15-6-3-5-13(9-15)22(25,26)27)17-10-14(23)11-28-20(17)21(30)19-16(24)7-4-8-18(19)34-2;1-24-8-21(12-6-10(16)7-20-13(12)15)25(22,23)11-4-2-3-9(5-11)14(17,18)19;1-11-8-4-2-3-7(9)6(8)5-10;1-3-2;;/h3-11,21,30H,12H2,1-2H3;3-11H,12H2,1-2H3;2-7H,8H2,1H3;2-5H,1H3;3H,1-2H3;1H;/q;;;;-1;;+2/p-1. The van der Waals surface area contributed by atoms with Crippen LogP contribution in [0.3, 0.4) is 0 Å². The van der Waals surface area contributed by atoms with Gasteiger partial charge in [0, 0.05) is 39.9 Å². The third kappa shape index (κ3) is 25.1. The number of aliphatic hydroxyl groups excluding tert-OH is 1. The number of carbonyl (C=O) groups is 2. The fraction of sp³-hybridized carbons (Fsp3) is 0.217. The normalized spacial score (nSPS) is 11.6. The van der Waals surface area contributed by atoms with Gasteiger partial charge in [-0.25, -0.2) is 61.3 Å². The third-order valence-electron chi connectivity index (χ3n) is 14.0. The zero-order chi connectivity index (χ0) is 81.7. The first-order valence-electron chi connectivity index (χ1n) is 30.2. The zero-order valence-electron chi connectivity index (χ0n) is 58.6. The summed E-state index contributed by atoms with van der Waals surface area (Å²) in [6.07, 6.45) is -10.3. The minimum Gasteiger partial charge on any atom is -1.00 e. The first kappa shape index (κ1) is 97.4. The molecular weight excluding hydrogens is 1720 g/mol. The first-order valence-corrected chi connectivity index (χ1v) is 36.4. The maximum Gasteiger partial charge on any atom is 2.00 e. The van der Waals surface area contributed by atoms with Crippen molar-refractivity contribution in [3.05, 3.63) is 252 Å². The van der Waals surface area contributed by atoms with E-state index < -0.39 is 146 Å². The molecule has 0 saturated heterocycles. The van der Waals surface area contributed by atoms with E-state index in [1.165, 1.54) is 83.2 Å². The number of hydrogen-bond acceptors (Lipinski definition) is 18. The number of nitrogens with zero attached hydrogens (tertiary/aromatic N) is 6. The average Bonchev–Trinajstić information content (AvgIpc) is 0.768. The van der Waals surface area contributed by atoms with Gasteiger partial charge in [0.05, 0.1) is 102 Å². The van der Waals surface area contributed by atoms with Crippen molar-refractivity contribution >= 4 is 133 Å². The maximum absolute atomic E-state index is 14.6. The Balaban J connectivity index is 0.000000397. The van der Waals surface area contributed by atoms with Crippen molar-refractivity contribution in [1.29, 1.82) is 0 Å². The molecule has 1 unspecified atom stereocenters. The van der Waals surface area contributed by atoms with Crippen LogP contribution in [0.15, 0.2) is 183 Å². The van der Waals surface area contributed by atoms with Gasteiger partial charge in [0.1, 0.15) is 76.9 Å². The number of halogens is 17. The van der Waals surface area contributed by atoms with Crippen molar-refractivity contribution in [2.45, 2.75) is 53.2 Å². The number of aldehydes is 1. The number of benzene rings is 6. The molecule has 9 rings (SSSR count). The van der Waals surface area contributed by atoms with Gasteiger partial charge < -0.3 is 52.4 Å².